The highest BCUT2D eigenvalue weighted by Gasteiger charge is 1.99. The van der Waals surface area contributed by atoms with Gasteiger partial charge in [-0.1, -0.05) is 60.7 Å². The maximum atomic E-state index is 10.8. The molecule has 0 aliphatic carbocycles. The van der Waals surface area contributed by atoms with E-state index < -0.39 is 6.61 Å². The summed E-state index contributed by atoms with van der Waals surface area (Å²) in [6, 6.07) is 17.9. The van der Waals surface area contributed by atoms with E-state index in [1.807, 2.05) is 36.4 Å². The van der Waals surface area contributed by atoms with E-state index in [1.165, 1.54) is 0 Å². The van der Waals surface area contributed by atoms with Gasteiger partial charge >= 0.3 is 0 Å². The molecular formula is C16H16O3. The lowest BCUT2D eigenvalue weighted by atomic mass is 10.1. The fourth-order valence-corrected chi connectivity index (χ4v) is 1.39. The summed E-state index contributed by atoms with van der Waals surface area (Å²) in [6.07, 6.45) is 0. The number of rotatable bonds is 3. The summed E-state index contributed by atoms with van der Waals surface area (Å²) in [7, 11) is 0. The molecule has 0 unspecified atom stereocenters. The zero-order chi connectivity index (χ0) is 14.1. The minimum absolute atomic E-state index is 0.121. The number of aliphatic hydroxyl groups excluding tert-OH is 1. The van der Waals surface area contributed by atoms with Crippen molar-refractivity contribution in [2.75, 3.05) is 6.61 Å². The van der Waals surface area contributed by atoms with Crippen molar-refractivity contribution in [3.8, 4) is 0 Å². The van der Waals surface area contributed by atoms with Gasteiger partial charge in [0.1, 0.15) is 6.61 Å². The fraction of sp³-hybridized carbons (Fsp3) is 0.125. The minimum Gasteiger partial charge on any atom is -0.388 e. The lowest BCUT2D eigenvalue weighted by Crippen LogP contribution is -2.02. The van der Waals surface area contributed by atoms with Crippen LogP contribution in [0.5, 0.6) is 0 Å². The van der Waals surface area contributed by atoms with Crippen LogP contribution in [0.2, 0.25) is 0 Å². The van der Waals surface area contributed by atoms with Gasteiger partial charge in [-0.2, -0.15) is 0 Å². The molecule has 1 N–H and O–H groups in total. The van der Waals surface area contributed by atoms with Crippen molar-refractivity contribution in [2.24, 2.45) is 0 Å². The van der Waals surface area contributed by atoms with E-state index in [1.54, 1.807) is 31.2 Å². The predicted octanol–water partition coefficient (Wildman–Crippen LogP) is 2.75. The Morgan fingerprint density at radius 2 is 1.26 bits per heavy atom. The van der Waals surface area contributed by atoms with Gasteiger partial charge in [-0.25, -0.2) is 0 Å². The first-order valence-electron chi connectivity index (χ1n) is 5.90. The normalized spacial score (nSPS) is 9.16. The van der Waals surface area contributed by atoms with Crippen molar-refractivity contribution in [3.63, 3.8) is 0 Å². The van der Waals surface area contributed by atoms with Crippen LogP contribution in [0.1, 0.15) is 27.6 Å². The second-order valence-electron chi connectivity index (χ2n) is 3.87. The van der Waals surface area contributed by atoms with Crippen LogP contribution >= 0.6 is 0 Å². The number of carbonyl (C=O) groups is 2. The molecule has 0 atom stereocenters. The third-order valence-corrected chi connectivity index (χ3v) is 2.42. The standard InChI is InChI=1S/C8H8O2.C8H8O/c9-6-8(10)7-4-2-1-3-5-7;1-7(9)8-5-3-2-4-6-8/h1-5,9H,6H2;2-6H,1H3. The van der Waals surface area contributed by atoms with Crippen LogP contribution < -0.4 is 0 Å². The summed E-state index contributed by atoms with van der Waals surface area (Å²) in [5, 5.41) is 8.44. The second kappa shape index (κ2) is 7.95. The number of aliphatic hydroxyl groups is 1. The number of carbonyl (C=O) groups excluding carboxylic acids is 2. The zero-order valence-electron chi connectivity index (χ0n) is 10.7. The molecule has 0 aromatic heterocycles. The molecule has 0 fully saturated rings. The van der Waals surface area contributed by atoms with Gasteiger partial charge in [-0.3, -0.25) is 9.59 Å². The third kappa shape index (κ3) is 5.27. The Morgan fingerprint density at radius 3 is 1.58 bits per heavy atom. The average Bonchev–Trinajstić information content (AvgIpc) is 2.49. The summed E-state index contributed by atoms with van der Waals surface area (Å²) in [4.78, 5) is 21.4. The molecule has 0 aliphatic rings. The molecule has 98 valence electrons. The van der Waals surface area contributed by atoms with E-state index in [2.05, 4.69) is 0 Å². The maximum absolute atomic E-state index is 10.8. The highest BCUT2D eigenvalue weighted by molar-refractivity contribution is 5.96. The van der Waals surface area contributed by atoms with Gasteiger partial charge in [-0.05, 0) is 6.92 Å². The second-order valence-corrected chi connectivity index (χ2v) is 3.87. The maximum Gasteiger partial charge on any atom is 0.188 e. The van der Waals surface area contributed by atoms with E-state index in [4.69, 9.17) is 5.11 Å². The predicted molar refractivity (Wildman–Crippen MR) is 74.3 cm³/mol. The molecule has 0 spiro atoms. The van der Waals surface area contributed by atoms with Crippen molar-refractivity contribution < 1.29 is 14.7 Å². The third-order valence-electron chi connectivity index (χ3n) is 2.42. The molecule has 0 radical (unpaired) electrons. The van der Waals surface area contributed by atoms with Crippen molar-refractivity contribution in [1.29, 1.82) is 0 Å². The number of hydrogen-bond acceptors (Lipinski definition) is 3. The van der Waals surface area contributed by atoms with Crippen molar-refractivity contribution in [1.82, 2.24) is 0 Å². The van der Waals surface area contributed by atoms with Gasteiger partial charge in [0.2, 0.25) is 0 Å². The van der Waals surface area contributed by atoms with Gasteiger partial charge < -0.3 is 5.11 Å². The molecule has 2 aromatic rings. The van der Waals surface area contributed by atoms with Gasteiger partial charge in [0, 0.05) is 11.1 Å². The fourth-order valence-electron chi connectivity index (χ4n) is 1.39. The topological polar surface area (TPSA) is 54.4 Å². The Morgan fingerprint density at radius 1 is 0.842 bits per heavy atom. The van der Waals surface area contributed by atoms with Crippen molar-refractivity contribution >= 4 is 11.6 Å². The van der Waals surface area contributed by atoms with E-state index in [0.29, 0.717) is 5.56 Å². The lowest BCUT2D eigenvalue weighted by molar-refractivity contribution is 0.0903. The number of benzene rings is 2. The molecule has 3 nitrogen and oxygen atoms in total. The molecule has 0 amide bonds. The largest absolute Gasteiger partial charge is 0.388 e. The molecular weight excluding hydrogens is 240 g/mol. The van der Waals surface area contributed by atoms with E-state index in [-0.39, 0.29) is 11.6 Å². The van der Waals surface area contributed by atoms with Gasteiger partial charge in [0.05, 0.1) is 0 Å². The average molecular weight is 256 g/mol. The van der Waals surface area contributed by atoms with E-state index >= 15 is 0 Å². The Labute approximate surface area is 112 Å². The van der Waals surface area contributed by atoms with Gasteiger partial charge in [0.15, 0.2) is 11.6 Å². The Hall–Kier alpha value is -2.26. The molecule has 0 saturated heterocycles. The lowest BCUT2D eigenvalue weighted by Gasteiger charge is -1.93. The summed E-state index contributed by atoms with van der Waals surface area (Å²) in [6.45, 7) is 1.15. The first-order chi connectivity index (χ1) is 9.15. The van der Waals surface area contributed by atoms with Crippen LogP contribution in [0, 0.1) is 0 Å². The highest BCUT2D eigenvalue weighted by Crippen LogP contribution is 1.98. The van der Waals surface area contributed by atoms with Gasteiger partial charge in [-0.15, -0.1) is 0 Å². The number of ketones is 2. The zero-order valence-corrected chi connectivity index (χ0v) is 10.7. The molecule has 3 heteroatoms. The summed E-state index contributed by atoms with van der Waals surface area (Å²) < 4.78 is 0. The molecule has 0 saturated carbocycles. The molecule has 19 heavy (non-hydrogen) atoms. The number of hydrogen-bond donors (Lipinski definition) is 1. The van der Waals surface area contributed by atoms with Crippen molar-refractivity contribution in [2.45, 2.75) is 6.92 Å². The summed E-state index contributed by atoms with van der Waals surface area (Å²) >= 11 is 0. The monoisotopic (exact) mass is 256 g/mol. The molecule has 0 heterocycles. The van der Waals surface area contributed by atoms with Crippen LogP contribution in [0.25, 0.3) is 0 Å². The highest BCUT2D eigenvalue weighted by atomic mass is 16.3. The quantitative estimate of drug-likeness (QED) is 0.859. The van der Waals surface area contributed by atoms with Crippen LogP contribution in [0.3, 0.4) is 0 Å². The van der Waals surface area contributed by atoms with E-state index in [0.717, 1.165) is 5.56 Å². The Balaban J connectivity index is 0.000000191. The molecule has 0 bridgehead atoms. The van der Waals surface area contributed by atoms with Gasteiger partial charge in [0.25, 0.3) is 0 Å². The number of Topliss-reactive ketones (excluding diaryl/α,β-unsaturated/α-hetero) is 2. The van der Waals surface area contributed by atoms with Crippen molar-refractivity contribution in [3.05, 3.63) is 71.8 Å². The SMILES string of the molecule is CC(=O)c1ccccc1.O=C(CO)c1ccccc1. The van der Waals surface area contributed by atoms with Crippen LogP contribution in [-0.2, 0) is 0 Å². The van der Waals surface area contributed by atoms with Crippen LogP contribution in [0.15, 0.2) is 60.7 Å². The Bertz CT molecular complexity index is 518. The molecule has 0 aliphatic heterocycles. The smallest absolute Gasteiger partial charge is 0.188 e. The molecule has 2 aromatic carbocycles. The minimum atomic E-state index is -0.413. The molecule has 2 rings (SSSR count). The van der Waals surface area contributed by atoms with Crippen LogP contribution in [-0.4, -0.2) is 23.3 Å². The summed E-state index contributed by atoms with van der Waals surface area (Å²) in [5.74, 6) is -0.115. The first kappa shape index (κ1) is 14.8. The Kier molecular flexibility index (Phi) is 6.19. The van der Waals surface area contributed by atoms with E-state index in [9.17, 15) is 9.59 Å². The van der Waals surface area contributed by atoms with Crippen LogP contribution in [0.4, 0.5) is 0 Å². The first-order valence-corrected chi connectivity index (χ1v) is 5.90. The summed E-state index contributed by atoms with van der Waals surface area (Å²) in [5.41, 5.74) is 1.34.